The van der Waals surface area contributed by atoms with Gasteiger partial charge in [0.25, 0.3) is 0 Å². The molecule has 1 aliphatic heterocycles. The number of methoxy groups -OCH3 is 1. The first kappa shape index (κ1) is 20.6. The summed E-state index contributed by atoms with van der Waals surface area (Å²) in [5.41, 5.74) is 3.33. The maximum atomic E-state index is 13.0. The molecule has 3 aliphatic rings. The highest BCUT2D eigenvalue weighted by Crippen LogP contribution is 2.58. The number of alkyl halides is 3. The van der Waals surface area contributed by atoms with Crippen LogP contribution in [-0.4, -0.2) is 52.0 Å². The summed E-state index contributed by atoms with van der Waals surface area (Å²) in [7, 11) is 1.40. The number of rotatable bonds is 2. The molecule has 0 aromatic carbocycles. The summed E-state index contributed by atoms with van der Waals surface area (Å²) >= 11 is 0. The van der Waals surface area contributed by atoms with E-state index in [4.69, 9.17) is 9.84 Å². The Morgan fingerprint density at radius 3 is 2.61 bits per heavy atom. The molecule has 0 radical (unpaired) electrons. The van der Waals surface area contributed by atoms with E-state index < -0.39 is 12.1 Å². The molecule has 2 aliphatic carbocycles. The summed E-state index contributed by atoms with van der Waals surface area (Å²) < 4.78 is 45.9. The number of hydrogen-bond acceptors (Lipinski definition) is 4. The number of amides is 1. The van der Waals surface area contributed by atoms with E-state index in [9.17, 15) is 18.0 Å². The molecular weight excluding hydrogens is 409 g/mol. The van der Waals surface area contributed by atoms with Crippen molar-refractivity contribution in [2.24, 2.45) is 11.8 Å². The average Bonchev–Trinajstić information content (AvgIpc) is 3.34. The van der Waals surface area contributed by atoms with Crippen molar-refractivity contribution in [2.75, 3.05) is 20.2 Å². The minimum Gasteiger partial charge on any atom is -0.453 e. The molecule has 5 rings (SSSR count). The number of likely N-dealkylation sites (tertiary alicyclic amines) is 1. The number of carbonyl (C=O) groups is 1. The number of halogens is 3. The monoisotopic (exact) mass is 436 g/mol. The molecule has 31 heavy (non-hydrogen) atoms. The number of hydrogen-bond donors (Lipinski definition) is 0. The Labute approximate surface area is 178 Å². The van der Waals surface area contributed by atoms with Gasteiger partial charge in [-0.2, -0.15) is 18.3 Å². The smallest absolute Gasteiger partial charge is 0.409 e. The van der Waals surface area contributed by atoms with Gasteiger partial charge in [-0.05, 0) is 57.4 Å². The SMILES string of the molecule is COC(=O)N1CC[C@H]2C[C@@]2(c2cc(C)nc3cc(C4CCC(C(F)(F)F)CC4)nn23)C1. The summed E-state index contributed by atoms with van der Waals surface area (Å²) in [6.45, 7) is 3.23. The highest BCUT2D eigenvalue weighted by molar-refractivity contribution is 5.68. The topological polar surface area (TPSA) is 59.7 Å². The van der Waals surface area contributed by atoms with E-state index in [0.717, 1.165) is 35.6 Å². The van der Waals surface area contributed by atoms with Crippen LogP contribution in [0.5, 0.6) is 0 Å². The van der Waals surface area contributed by atoms with Gasteiger partial charge in [0.1, 0.15) is 0 Å². The third-order valence-electron chi connectivity index (χ3n) is 7.58. The van der Waals surface area contributed by atoms with Gasteiger partial charge in [-0.25, -0.2) is 14.3 Å². The molecule has 9 heteroatoms. The van der Waals surface area contributed by atoms with Gasteiger partial charge in [-0.3, -0.25) is 0 Å². The van der Waals surface area contributed by atoms with Crippen molar-refractivity contribution in [1.82, 2.24) is 19.5 Å². The Bertz CT molecular complexity index is 1010. The molecule has 2 saturated carbocycles. The van der Waals surface area contributed by atoms with Crippen molar-refractivity contribution in [3.63, 3.8) is 0 Å². The maximum Gasteiger partial charge on any atom is 0.409 e. The number of fused-ring (bicyclic) bond motifs is 2. The fourth-order valence-corrected chi connectivity index (χ4v) is 5.75. The molecule has 6 nitrogen and oxygen atoms in total. The minimum absolute atomic E-state index is 0.0267. The lowest BCUT2D eigenvalue weighted by molar-refractivity contribution is -0.182. The van der Waals surface area contributed by atoms with Crippen LogP contribution in [0.2, 0.25) is 0 Å². The van der Waals surface area contributed by atoms with Gasteiger partial charge in [0, 0.05) is 36.2 Å². The predicted molar refractivity (Wildman–Crippen MR) is 107 cm³/mol. The Morgan fingerprint density at radius 1 is 1.19 bits per heavy atom. The Morgan fingerprint density at radius 2 is 1.94 bits per heavy atom. The Kier molecular flexibility index (Phi) is 4.71. The Hall–Kier alpha value is -2.32. The van der Waals surface area contributed by atoms with Crippen LogP contribution in [0.25, 0.3) is 5.65 Å². The van der Waals surface area contributed by atoms with E-state index in [-0.39, 0.29) is 30.3 Å². The quantitative estimate of drug-likeness (QED) is 0.690. The second-order valence-electron chi connectivity index (χ2n) is 9.45. The number of nitrogens with zero attached hydrogens (tertiary/aromatic N) is 4. The van der Waals surface area contributed by atoms with Gasteiger partial charge in [0.15, 0.2) is 5.65 Å². The van der Waals surface area contributed by atoms with Gasteiger partial charge in [0.2, 0.25) is 0 Å². The van der Waals surface area contributed by atoms with Crippen LogP contribution in [0.1, 0.15) is 61.5 Å². The zero-order valence-electron chi connectivity index (χ0n) is 17.8. The van der Waals surface area contributed by atoms with Gasteiger partial charge >= 0.3 is 12.3 Å². The van der Waals surface area contributed by atoms with Gasteiger partial charge in [-0.15, -0.1) is 0 Å². The predicted octanol–water partition coefficient (Wildman–Crippen LogP) is 4.60. The molecule has 1 amide bonds. The zero-order valence-corrected chi connectivity index (χ0v) is 17.8. The molecule has 3 heterocycles. The van der Waals surface area contributed by atoms with Crippen LogP contribution < -0.4 is 0 Å². The van der Waals surface area contributed by atoms with Crippen LogP contribution in [-0.2, 0) is 10.2 Å². The van der Waals surface area contributed by atoms with E-state index in [1.54, 1.807) is 4.90 Å². The number of aryl methyl sites for hydroxylation is 1. The number of carbonyl (C=O) groups excluding carboxylic acids is 1. The third-order valence-corrected chi connectivity index (χ3v) is 7.58. The molecule has 0 N–H and O–H groups in total. The summed E-state index contributed by atoms with van der Waals surface area (Å²) in [6.07, 6.45) is -1.21. The lowest BCUT2D eigenvalue weighted by Crippen LogP contribution is -2.43. The van der Waals surface area contributed by atoms with Crippen LogP contribution in [0, 0.1) is 18.8 Å². The molecule has 3 fully saturated rings. The van der Waals surface area contributed by atoms with E-state index in [0.29, 0.717) is 31.8 Å². The second kappa shape index (κ2) is 7.10. The molecule has 2 aromatic heterocycles. The van der Waals surface area contributed by atoms with E-state index >= 15 is 0 Å². The van der Waals surface area contributed by atoms with Crippen LogP contribution in [0.15, 0.2) is 12.1 Å². The van der Waals surface area contributed by atoms with Crippen LogP contribution in [0.3, 0.4) is 0 Å². The van der Waals surface area contributed by atoms with Crippen molar-refractivity contribution >= 4 is 11.7 Å². The summed E-state index contributed by atoms with van der Waals surface area (Å²) in [5.74, 6) is -0.679. The van der Waals surface area contributed by atoms with E-state index in [1.165, 1.54) is 7.11 Å². The number of ether oxygens (including phenoxy) is 1. The first-order valence-corrected chi connectivity index (χ1v) is 11.0. The van der Waals surface area contributed by atoms with E-state index in [1.807, 2.05) is 23.6 Å². The highest BCUT2D eigenvalue weighted by Gasteiger charge is 2.60. The molecule has 0 bridgehead atoms. The summed E-state index contributed by atoms with van der Waals surface area (Å²) in [5, 5.41) is 4.84. The van der Waals surface area contributed by atoms with Gasteiger partial charge in [-0.1, -0.05) is 0 Å². The molecule has 0 spiro atoms. The summed E-state index contributed by atoms with van der Waals surface area (Å²) in [4.78, 5) is 18.5. The largest absolute Gasteiger partial charge is 0.453 e. The van der Waals surface area contributed by atoms with Gasteiger partial charge in [0.05, 0.1) is 24.4 Å². The first-order valence-electron chi connectivity index (χ1n) is 11.0. The van der Waals surface area contributed by atoms with Gasteiger partial charge < -0.3 is 9.64 Å². The number of aromatic nitrogens is 3. The van der Waals surface area contributed by atoms with Crippen molar-refractivity contribution in [3.8, 4) is 0 Å². The fraction of sp³-hybridized carbons (Fsp3) is 0.682. The van der Waals surface area contributed by atoms with Crippen LogP contribution in [0.4, 0.5) is 18.0 Å². The third kappa shape index (κ3) is 3.46. The van der Waals surface area contributed by atoms with Crippen molar-refractivity contribution < 1.29 is 22.7 Å². The highest BCUT2D eigenvalue weighted by atomic mass is 19.4. The average molecular weight is 436 g/mol. The fourth-order valence-electron chi connectivity index (χ4n) is 5.75. The normalized spacial score (nSPS) is 30.9. The molecule has 0 unspecified atom stereocenters. The lowest BCUT2D eigenvalue weighted by atomic mass is 9.80. The zero-order chi connectivity index (χ0) is 22.0. The summed E-state index contributed by atoms with van der Waals surface area (Å²) in [6, 6.07) is 3.98. The minimum atomic E-state index is -4.11. The van der Waals surface area contributed by atoms with E-state index in [2.05, 4.69) is 4.98 Å². The molecule has 168 valence electrons. The maximum absolute atomic E-state index is 13.0. The molecule has 2 atom stereocenters. The lowest BCUT2D eigenvalue weighted by Gasteiger charge is -2.32. The van der Waals surface area contributed by atoms with Crippen molar-refractivity contribution in [2.45, 2.75) is 63.0 Å². The standard InChI is InChI=1S/C22H27F3N4O2/c1-13-9-18(21-11-16(21)7-8-28(12-21)20(30)31-2)29-19(26-13)10-17(27-29)14-3-5-15(6-4-14)22(23,24)25/h9-10,14-16H,3-8,11-12H2,1-2H3/t14?,15?,16-,21+/m0/s1. The Balaban J connectivity index is 1.45. The van der Waals surface area contributed by atoms with Crippen molar-refractivity contribution in [3.05, 3.63) is 29.2 Å². The molecular formula is C22H27F3N4O2. The van der Waals surface area contributed by atoms with Crippen LogP contribution >= 0.6 is 0 Å². The first-order chi connectivity index (χ1) is 14.7. The second-order valence-corrected chi connectivity index (χ2v) is 9.45. The molecule has 2 aromatic rings. The molecule has 1 saturated heterocycles. The van der Waals surface area contributed by atoms with Crippen molar-refractivity contribution in [1.29, 1.82) is 0 Å². The number of piperidine rings is 1.